The maximum atomic E-state index is 12.2. The number of halogens is 2. The molecule has 0 bridgehead atoms. The molecule has 7 heteroatoms. The summed E-state index contributed by atoms with van der Waals surface area (Å²) in [5, 5.41) is 12.0. The number of carbonyl (C=O) groups excluding carboxylic acids is 1. The molecule has 0 saturated carbocycles. The molecule has 5 nitrogen and oxygen atoms in total. The van der Waals surface area contributed by atoms with Gasteiger partial charge in [-0.25, -0.2) is 10.2 Å². The quantitative estimate of drug-likeness (QED) is 0.446. The van der Waals surface area contributed by atoms with Crippen molar-refractivity contribution < 1.29 is 4.79 Å². The van der Waals surface area contributed by atoms with E-state index in [9.17, 15) is 4.79 Å². The maximum Gasteiger partial charge on any atom is 0.339 e. The van der Waals surface area contributed by atoms with E-state index in [4.69, 9.17) is 23.2 Å². The Morgan fingerprint density at radius 2 is 1.59 bits per heavy atom. The van der Waals surface area contributed by atoms with Crippen LogP contribution in [0.2, 0.25) is 10.0 Å². The van der Waals surface area contributed by atoms with E-state index in [-0.39, 0.29) is 6.04 Å². The monoisotopic (exact) mass is 424 g/mol. The van der Waals surface area contributed by atoms with Crippen molar-refractivity contribution in [2.45, 2.75) is 12.5 Å². The lowest BCUT2D eigenvalue weighted by Gasteiger charge is -2.28. The van der Waals surface area contributed by atoms with E-state index in [1.165, 1.54) is 0 Å². The number of rotatable bonds is 3. The minimum absolute atomic E-state index is 0.0297. The summed E-state index contributed by atoms with van der Waals surface area (Å²) < 4.78 is 0. The first kappa shape index (κ1) is 19.3. The summed E-state index contributed by atoms with van der Waals surface area (Å²) in [6.45, 7) is 0. The fraction of sp³-hybridized carbons (Fsp3) is 0.0909. The van der Waals surface area contributed by atoms with Crippen LogP contribution in [0.4, 0.5) is 16.2 Å². The third kappa shape index (κ3) is 4.70. The van der Waals surface area contributed by atoms with Crippen molar-refractivity contribution in [3.63, 3.8) is 0 Å². The van der Waals surface area contributed by atoms with Gasteiger partial charge in [-0.05, 0) is 48.0 Å². The zero-order valence-corrected chi connectivity index (χ0v) is 16.8. The Balaban J connectivity index is 1.53. The SMILES string of the molecule is O=C(NN=C1CC(c2ccc(Cl)cc2)Nc2ccccc21)Nc1ccc(Cl)cc1. The van der Waals surface area contributed by atoms with Crippen molar-refractivity contribution in [2.24, 2.45) is 5.10 Å². The van der Waals surface area contributed by atoms with Crippen molar-refractivity contribution in [3.05, 3.63) is 94.0 Å². The summed E-state index contributed by atoms with van der Waals surface area (Å²) in [7, 11) is 0. The maximum absolute atomic E-state index is 12.2. The van der Waals surface area contributed by atoms with E-state index in [1.54, 1.807) is 24.3 Å². The van der Waals surface area contributed by atoms with Crippen LogP contribution in [-0.4, -0.2) is 11.7 Å². The molecule has 0 aliphatic carbocycles. The number of hydrazone groups is 1. The number of amides is 2. The lowest BCUT2D eigenvalue weighted by molar-refractivity contribution is 0.252. The van der Waals surface area contributed by atoms with Crippen LogP contribution in [0.5, 0.6) is 0 Å². The second-order valence-corrected chi connectivity index (χ2v) is 7.50. The van der Waals surface area contributed by atoms with Gasteiger partial charge in [0.15, 0.2) is 0 Å². The van der Waals surface area contributed by atoms with Crippen molar-refractivity contribution in [1.82, 2.24) is 5.43 Å². The molecule has 1 aliphatic heterocycles. The number of carbonyl (C=O) groups is 1. The Kier molecular flexibility index (Phi) is 5.69. The molecule has 0 fully saturated rings. The average Bonchev–Trinajstić information content (AvgIpc) is 2.74. The van der Waals surface area contributed by atoms with Crippen LogP contribution in [-0.2, 0) is 0 Å². The molecule has 3 aromatic carbocycles. The molecule has 0 saturated heterocycles. The van der Waals surface area contributed by atoms with Gasteiger partial charge >= 0.3 is 6.03 Å². The fourth-order valence-electron chi connectivity index (χ4n) is 3.22. The van der Waals surface area contributed by atoms with Gasteiger partial charge in [0.1, 0.15) is 0 Å². The largest absolute Gasteiger partial charge is 0.377 e. The number of anilines is 2. The number of benzene rings is 3. The third-order valence-electron chi connectivity index (χ3n) is 4.63. The van der Waals surface area contributed by atoms with Crippen molar-refractivity contribution >= 4 is 46.3 Å². The first-order valence-corrected chi connectivity index (χ1v) is 9.84. The predicted octanol–water partition coefficient (Wildman–Crippen LogP) is 6.08. The Bertz CT molecular complexity index is 1050. The van der Waals surface area contributed by atoms with Crippen LogP contribution in [0.1, 0.15) is 23.6 Å². The lowest BCUT2D eigenvalue weighted by atomic mass is 9.92. The number of hydrogen-bond donors (Lipinski definition) is 3. The molecule has 146 valence electrons. The average molecular weight is 425 g/mol. The standard InChI is InChI=1S/C22H18Cl2N4O/c23-15-7-5-14(6-8-15)20-13-21(18-3-1-2-4-19(18)26-20)27-28-22(29)25-17-11-9-16(24)10-12-17/h1-12,20,26H,13H2,(H2,25,28,29). The first-order chi connectivity index (χ1) is 14.1. The second kappa shape index (κ2) is 8.55. The zero-order valence-electron chi connectivity index (χ0n) is 15.3. The molecule has 0 aromatic heterocycles. The molecule has 1 aliphatic rings. The van der Waals surface area contributed by atoms with Crippen molar-refractivity contribution in [3.8, 4) is 0 Å². The smallest absolute Gasteiger partial charge is 0.339 e. The van der Waals surface area contributed by atoms with E-state index in [2.05, 4.69) is 21.2 Å². The fourth-order valence-corrected chi connectivity index (χ4v) is 3.47. The summed E-state index contributed by atoms with van der Waals surface area (Å²) in [5.41, 5.74) is 7.06. The van der Waals surface area contributed by atoms with E-state index in [1.807, 2.05) is 48.5 Å². The molecule has 2 amide bonds. The van der Waals surface area contributed by atoms with Gasteiger partial charge in [0, 0.05) is 33.4 Å². The first-order valence-electron chi connectivity index (χ1n) is 9.09. The highest BCUT2D eigenvalue weighted by atomic mass is 35.5. The molecule has 29 heavy (non-hydrogen) atoms. The highest BCUT2D eigenvalue weighted by Crippen LogP contribution is 2.33. The topological polar surface area (TPSA) is 65.5 Å². The number of nitrogens with zero attached hydrogens (tertiary/aromatic N) is 1. The van der Waals surface area contributed by atoms with Crippen LogP contribution in [0.25, 0.3) is 0 Å². The molecule has 1 heterocycles. The van der Waals surface area contributed by atoms with Crippen LogP contribution < -0.4 is 16.1 Å². The van der Waals surface area contributed by atoms with Gasteiger partial charge in [0.2, 0.25) is 0 Å². The number of hydrogen-bond acceptors (Lipinski definition) is 3. The number of nitrogens with one attached hydrogen (secondary N) is 3. The summed E-state index contributed by atoms with van der Waals surface area (Å²) in [6.07, 6.45) is 0.625. The van der Waals surface area contributed by atoms with Crippen LogP contribution in [0, 0.1) is 0 Å². The zero-order chi connectivity index (χ0) is 20.2. The molecule has 3 N–H and O–H groups in total. The lowest BCUT2D eigenvalue weighted by Crippen LogP contribution is -2.29. The van der Waals surface area contributed by atoms with Crippen LogP contribution in [0.3, 0.4) is 0 Å². The Morgan fingerprint density at radius 1 is 0.931 bits per heavy atom. The van der Waals surface area contributed by atoms with E-state index >= 15 is 0 Å². The van der Waals surface area contributed by atoms with E-state index in [0.717, 1.165) is 22.5 Å². The number of para-hydroxylation sites is 1. The molecule has 1 atom stereocenters. The Hall–Kier alpha value is -3.02. The van der Waals surface area contributed by atoms with Gasteiger partial charge in [-0.3, -0.25) is 0 Å². The van der Waals surface area contributed by atoms with Gasteiger partial charge in [-0.1, -0.05) is 53.5 Å². The minimum atomic E-state index is -0.418. The predicted molar refractivity (Wildman–Crippen MR) is 119 cm³/mol. The number of urea groups is 1. The van der Waals surface area contributed by atoms with E-state index in [0.29, 0.717) is 22.2 Å². The van der Waals surface area contributed by atoms with Gasteiger partial charge in [0.25, 0.3) is 0 Å². The van der Waals surface area contributed by atoms with Gasteiger partial charge in [-0.15, -0.1) is 0 Å². The number of fused-ring (bicyclic) bond motifs is 1. The van der Waals surface area contributed by atoms with E-state index < -0.39 is 6.03 Å². The van der Waals surface area contributed by atoms with Crippen LogP contribution >= 0.6 is 23.2 Å². The molecule has 1 unspecified atom stereocenters. The van der Waals surface area contributed by atoms with Gasteiger partial charge < -0.3 is 10.6 Å². The second-order valence-electron chi connectivity index (χ2n) is 6.63. The molecule has 4 rings (SSSR count). The summed E-state index contributed by atoms with van der Waals surface area (Å²) in [6, 6.07) is 22.1. The molecular weight excluding hydrogens is 407 g/mol. The molecule has 0 spiro atoms. The summed E-state index contributed by atoms with van der Waals surface area (Å²) in [4.78, 5) is 12.2. The highest BCUT2D eigenvalue weighted by molar-refractivity contribution is 6.30. The molecular formula is C22H18Cl2N4O. The van der Waals surface area contributed by atoms with Crippen molar-refractivity contribution in [1.29, 1.82) is 0 Å². The molecule has 0 radical (unpaired) electrons. The summed E-state index contributed by atoms with van der Waals surface area (Å²) in [5.74, 6) is 0. The molecule has 3 aromatic rings. The van der Waals surface area contributed by atoms with Crippen LogP contribution in [0.15, 0.2) is 77.9 Å². The van der Waals surface area contributed by atoms with Crippen molar-refractivity contribution in [2.75, 3.05) is 10.6 Å². The third-order valence-corrected chi connectivity index (χ3v) is 5.14. The minimum Gasteiger partial charge on any atom is -0.377 e. The Morgan fingerprint density at radius 3 is 2.31 bits per heavy atom. The van der Waals surface area contributed by atoms with Gasteiger partial charge in [0.05, 0.1) is 11.8 Å². The highest BCUT2D eigenvalue weighted by Gasteiger charge is 2.24. The normalized spacial score (nSPS) is 16.6. The summed E-state index contributed by atoms with van der Waals surface area (Å²) >= 11 is 11.9. The Labute approximate surface area is 178 Å². The van der Waals surface area contributed by atoms with Gasteiger partial charge in [-0.2, -0.15) is 5.10 Å².